The summed E-state index contributed by atoms with van der Waals surface area (Å²) in [6, 6.07) is 6.04. The Bertz CT molecular complexity index is 522. The minimum Gasteiger partial charge on any atom is -0.376 e. The monoisotopic (exact) mass is 217 g/mol. The lowest BCUT2D eigenvalue weighted by Gasteiger charge is -2.10. The van der Waals surface area contributed by atoms with E-state index in [4.69, 9.17) is 18.0 Å². The van der Waals surface area contributed by atoms with Crippen molar-refractivity contribution >= 4 is 33.8 Å². The van der Waals surface area contributed by atoms with E-state index in [2.05, 4.69) is 16.4 Å². The molecule has 0 radical (unpaired) electrons. The van der Waals surface area contributed by atoms with E-state index in [1.807, 2.05) is 25.3 Å². The summed E-state index contributed by atoms with van der Waals surface area (Å²) in [4.78, 5) is 4.10. The molecule has 0 saturated carbocycles. The number of pyridine rings is 1. The molecule has 15 heavy (non-hydrogen) atoms. The third-order valence-electron chi connectivity index (χ3n) is 2.28. The van der Waals surface area contributed by atoms with Gasteiger partial charge in [0.1, 0.15) is 0 Å². The van der Waals surface area contributed by atoms with Gasteiger partial charge in [0.2, 0.25) is 0 Å². The minimum atomic E-state index is 0.273. The first-order valence-corrected chi connectivity index (χ1v) is 4.99. The highest BCUT2D eigenvalue weighted by Gasteiger charge is 2.04. The number of nitrogens with one attached hydrogen (secondary N) is 1. The predicted molar refractivity (Wildman–Crippen MR) is 66.9 cm³/mol. The molecule has 2 rings (SSSR count). The SMILES string of the molecule is Cc1ccc2ccncc2c1NC(N)=S. The van der Waals surface area contributed by atoms with Gasteiger partial charge in [0.25, 0.3) is 0 Å². The van der Waals surface area contributed by atoms with E-state index in [0.29, 0.717) is 0 Å². The van der Waals surface area contributed by atoms with Gasteiger partial charge in [-0.2, -0.15) is 0 Å². The maximum absolute atomic E-state index is 5.48. The Balaban J connectivity index is 2.68. The fraction of sp³-hybridized carbons (Fsp3) is 0.0909. The number of aryl methyl sites for hydroxylation is 1. The Hall–Kier alpha value is -1.68. The highest BCUT2D eigenvalue weighted by molar-refractivity contribution is 7.80. The van der Waals surface area contributed by atoms with E-state index in [1.165, 1.54) is 0 Å². The molecule has 0 fully saturated rings. The summed E-state index contributed by atoms with van der Waals surface area (Å²) in [5.74, 6) is 0. The summed E-state index contributed by atoms with van der Waals surface area (Å²) >= 11 is 4.85. The van der Waals surface area contributed by atoms with Gasteiger partial charge < -0.3 is 11.1 Å². The van der Waals surface area contributed by atoms with Crippen LogP contribution in [-0.4, -0.2) is 10.1 Å². The summed E-state index contributed by atoms with van der Waals surface area (Å²) in [5, 5.41) is 5.41. The number of nitrogens with two attached hydrogens (primary N) is 1. The van der Waals surface area contributed by atoms with Crippen LogP contribution in [0, 0.1) is 6.92 Å². The number of anilines is 1. The molecule has 1 aromatic carbocycles. The number of hydrogen-bond donors (Lipinski definition) is 2. The quantitative estimate of drug-likeness (QED) is 0.719. The molecule has 0 unspecified atom stereocenters. The second-order valence-electron chi connectivity index (χ2n) is 3.34. The molecule has 2 aromatic rings. The fourth-order valence-electron chi connectivity index (χ4n) is 1.56. The topological polar surface area (TPSA) is 50.9 Å². The average Bonchev–Trinajstić information content (AvgIpc) is 2.22. The van der Waals surface area contributed by atoms with Gasteiger partial charge in [-0.25, -0.2) is 0 Å². The van der Waals surface area contributed by atoms with Crippen molar-refractivity contribution in [1.82, 2.24) is 4.98 Å². The summed E-state index contributed by atoms with van der Waals surface area (Å²) in [5.41, 5.74) is 7.52. The maximum Gasteiger partial charge on any atom is 0.168 e. The predicted octanol–water partition coefficient (Wildman–Crippen LogP) is 2.20. The van der Waals surface area contributed by atoms with Crippen molar-refractivity contribution in [3.8, 4) is 0 Å². The normalized spacial score (nSPS) is 10.2. The van der Waals surface area contributed by atoms with Gasteiger partial charge >= 0.3 is 0 Å². The molecule has 0 atom stereocenters. The van der Waals surface area contributed by atoms with Gasteiger partial charge in [0.15, 0.2) is 5.11 Å². The molecular formula is C11H11N3S. The van der Waals surface area contributed by atoms with E-state index in [-0.39, 0.29) is 5.11 Å². The smallest absolute Gasteiger partial charge is 0.168 e. The summed E-state index contributed by atoms with van der Waals surface area (Å²) in [6.45, 7) is 2.01. The second-order valence-corrected chi connectivity index (χ2v) is 3.78. The minimum absolute atomic E-state index is 0.273. The standard InChI is InChI=1S/C11H11N3S/c1-7-2-3-8-4-5-13-6-9(8)10(7)14-11(12)15/h2-6H,1H3,(H3,12,14,15). The molecule has 0 aliphatic heterocycles. The fourth-order valence-corrected chi connectivity index (χ4v) is 1.66. The molecule has 4 heteroatoms. The van der Waals surface area contributed by atoms with Gasteiger partial charge in [-0.15, -0.1) is 0 Å². The van der Waals surface area contributed by atoms with E-state index in [9.17, 15) is 0 Å². The van der Waals surface area contributed by atoms with Crippen molar-refractivity contribution in [3.05, 3.63) is 36.2 Å². The number of aromatic nitrogens is 1. The lowest BCUT2D eigenvalue weighted by Crippen LogP contribution is -2.19. The number of rotatable bonds is 1. The zero-order chi connectivity index (χ0) is 10.8. The van der Waals surface area contributed by atoms with Crippen molar-refractivity contribution in [2.24, 2.45) is 5.73 Å². The molecule has 1 aromatic heterocycles. The van der Waals surface area contributed by atoms with Crippen molar-refractivity contribution in [2.45, 2.75) is 6.92 Å². The first-order chi connectivity index (χ1) is 7.18. The van der Waals surface area contributed by atoms with Crippen LogP contribution in [0.2, 0.25) is 0 Å². The van der Waals surface area contributed by atoms with Crippen LogP contribution in [0.4, 0.5) is 5.69 Å². The molecule has 0 bridgehead atoms. The summed E-state index contributed by atoms with van der Waals surface area (Å²) in [6.07, 6.45) is 3.57. The number of hydrogen-bond acceptors (Lipinski definition) is 2. The molecule has 3 N–H and O–H groups in total. The average molecular weight is 217 g/mol. The van der Waals surface area contributed by atoms with Crippen LogP contribution < -0.4 is 11.1 Å². The Morgan fingerprint density at radius 3 is 2.93 bits per heavy atom. The molecule has 3 nitrogen and oxygen atoms in total. The number of benzene rings is 1. The number of nitrogens with zero attached hydrogens (tertiary/aromatic N) is 1. The largest absolute Gasteiger partial charge is 0.376 e. The first-order valence-electron chi connectivity index (χ1n) is 4.58. The van der Waals surface area contributed by atoms with Crippen molar-refractivity contribution in [2.75, 3.05) is 5.32 Å². The van der Waals surface area contributed by atoms with Gasteiger partial charge in [0.05, 0.1) is 5.69 Å². The molecule has 76 valence electrons. The zero-order valence-corrected chi connectivity index (χ0v) is 9.14. The third kappa shape index (κ3) is 1.89. The zero-order valence-electron chi connectivity index (χ0n) is 8.32. The third-order valence-corrected chi connectivity index (χ3v) is 2.38. The van der Waals surface area contributed by atoms with E-state index < -0.39 is 0 Å². The summed E-state index contributed by atoms with van der Waals surface area (Å²) < 4.78 is 0. The first kappa shape index (κ1) is 9.86. The molecule has 0 saturated heterocycles. The van der Waals surface area contributed by atoms with Crippen molar-refractivity contribution in [3.63, 3.8) is 0 Å². The Kier molecular flexibility index (Phi) is 2.51. The van der Waals surface area contributed by atoms with Crippen LogP contribution in [0.5, 0.6) is 0 Å². The number of fused-ring (bicyclic) bond motifs is 1. The van der Waals surface area contributed by atoms with E-state index in [0.717, 1.165) is 22.0 Å². The van der Waals surface area contributed by atoms with Crippen LogP contribution in [0.25, 0.3) is 10.8 Å². The van der Waals surface area contributed by atoms with Gasteiger partial charge in [-0.1, -0.05) is 12.1 Å². The van der Waals surface area contributed by atoms with E-state index >= 15 is 0 Å². The van der Waals surface area contributed by atoms with Gasteiger partial charge in [0, 0.05) is 17.8 Å². The molecule has 0 aliphatic rings. The maximum atomic E-state index is 5.48. The van der Waals surface area contributed by atoms with Crippen molar-refractivity contribution < 1.29 is 0 Å². The van der Waals surface area contributed by atoms with Crippen LogP contribution in [0.3, 0.4) is 0 Å². The highest BCUT2D eigenvalue weighted by atomic mass is 32.1. The van der Waals surface area contributed by atoms with Gasteiger partial charge in [-0.05, 0) is 36.2 Å². The van der Waals surface area contributed by atoms with Crippen LogP contribution in [0.15, 0.2) is 30.6 Å². The lowest BCUT2D eigenvalue weighted by atomic mass is 10.1. The van der Waals surface area contributed by atoms with Gasteiger partial charge in [-0.3, -0.25) is 4.98 Å². The summed E-state index contributed by atoms with van der Waals surface area (Å²) in [7, 11) is 0. The second kappa shape index (κ2) is 3.82. The Morgan fingerprint density at radius 1 is 1.40 bits per heavy atom. The van der Waals surface area contributed by atoms with Crippen LogP contribution in [-0.2, 0) is 0 Å². The van der Waals surface area contributed by atoms with E-state index in [1.54, 1.807) is 6.20 Å². The lowest BCUT2D eigenvalue weighted by molar-refractivity contribution is 1.36. The van der Waals surface area contributed by atoms with Crippen LogP contribution >= 0.6 is 12.2 Å². The molecular weight excluding hydrogens is 206 g/mol. The van der Waals surface area contributed by atoms with Crippen LogP contribution in [0.1, 0.15) is 5.56 Å². The molecule has 0 amide bonds. The highest BCUT2D eigenvalue weighted by Crippen LogP contribution is 2.25. The molecule has 0 aliphatic carbocycles. The number of thiocarbonyl (C=S) groups is 1. The molecule has 1 heterocycles. The Morgan fingerprint density at radius 2 is 2.20 bits per heavy atom. The Labute approximate surface area is 93.3 Å². The molecule has 0 spiro atoms. The van der Waals surface area contributed by atoms with Crippen molar-refractivity contribution in [1.29, 1.82) is 0 Å².